The number of nitrogens with one attached hydrogen (secondary N) is 2. The zero-order valence-corrected chi connectivity index (χ0v) is 20.2. The van der Waals surface area contributed by atoms with E-state index in [1.54, 1.807) is 29.2 Å². The number of urea groups is 2. The number of rotatable bonds is 8. The highest BCUT2D eigenvalue weighted by Gasteiger charge is 2.39. The molecular weight excluding hydrogens is 444 g/mol. The minimum Gasteiger partial charge on any atom is -0.439 e. The van der Waals surface area contributed by atoms with Gasteiger partial charge in [0, 0.05) is 31.0 Å². The van der Waals surface area contributed by atoms with Crippen LogP contribution in [0, 0.1) is 23.2 Å². The summed E-state index contributed by atoms with van der Waals surface area (Å²) >= 11 is 0. The number of nitrogens with zero attached hydrogens (tertiary/aromatic N) is 4. The maximum absolute atomic E-state index is 13.3. The monoisotopic (exact) mass is 476 g/mol. The van der Waals surface area contributed by atoms with Crippen molar-refractivity contribution in [1.82, 2.24) is 20.1 Å². The van der Waals surface area contributed by atoms with E-state index in [9.17, 15) is 9.59 Å². The summed E-state index contributed by atoms with van der Waals surface area (Å²) in [5, 5.41) is 15.1. The van der Waals surface area contributed by atoms with Gasteiger partial charge in [-0.25, -0.2) is 19.5 Å². The highest BCUT2D eigenvalue weighted by atomic mass is 16.5. The van der Waals surface area contributed by atoms with Crippen molar-refractivity contribution < 1.29 is 14.3 Å². The van der Waals surface area contributed by atoms with E-state index >= 15 is 0 Å². The second-order valence-electron chi connectivity index (χ2n) is 9.33. The fourth-order valence-corrected chi connectivity index (χ4v) is 4.54. The maximum Gasteiger partial charge on any atom is 0.331 e. The van der Waals surface area contributed by atoms with Gasteiger partial charge in [0.1, 0.15) is 11.8 Å². The van der Waals surface area contributed by atoms with Gasteiger partial charge in [-0.2, -0.15) is 5.26 Å². The Labute approximate surface area is 206 Å². The molecule has 4 rings (SSSR count). The average molecular weight is 477 g/mol. The van der Waals surface area contributed by atoms with Crippen LogP contribution in [0.3, 0.4) is 0 Å². The summed E-state index contributed by atoms with van der Waals surface area (Å²) < 4.78 is 5.74. The third kappa shape index (κ3) is 6.01. The molecule has 2 N–H and O–H groups in total. The van der Waals surface area contributed by atoms with Crippen LogP contribution in [0.25, 0.3) is 0 Å². The van der Waals surface area contributed by atoms with Crippen LogP contribution in [0.2, 0.25) is 0 Å². The Hall–Kier alpha value is -3.80. The number of pyridine rings is 1. The van der Waals surface area contributed by atoms with Gasteiger partial charge in [-0.3, -0.25) is 10.2 Å². The van der Waals surface area contributed by atoms with E-state index in [2.05, 4.69) is 22.5 Å². The van der Waals surface area contributed by atoms with Crippen LogP contribution >= 0.6 is 0 Å². The quantitative estimate of drug-likeness (QED) is 0.547. The number of carbonyl (C=O) groups is 2. The van der Waals surface area contributed by atoms with E-state index in [4.69, 9.17) is 10.00 Å². The van der Waals surface area contributed by atoms with Gasteiger partial charge in [0.2, 0.25) is 5.88 Å². The molecule has 2 fully saturated rings. The van der Waals surface area contributed by atoms with Crippen LogP contribution in [-0.4, -0.2) is 46.2 Å². The molecule has 2 aromatic rings. The molecule has 1 saturated heterocycles. The Morgan fingerprint density at radius 2 is 1.89 bits per heavy atom. The van der Waals surface area contributed by atoms with E-state index < -0.39 is 6.29 Å². The van der Waals surface area contributed by atoms with Gasteiger partial charge in [-0.1, -0.05) is 26.7 Å². The first kappa shape index (κ1) is 24.3. The number of ether oxygens (including phenoxy) is 1. The number of aromatic nitrogens is 1. The van der Waals surface area contributed by atoms with Crippen LogP contribution < -0.4 is 15.4 Å². The first-order valence-electron chi connectivity index (χ1n) is 12.3. The van der Waals surface area contributed by atoms with Crippen molar-refractivity contribution >= 4 is 17.7 Å². The highest BCUT2D eigenvalue weighted by Crippen LogP contribution is 2.30. The number of anilines is 1. The van der Waals surface area contributed by atoms with Crippen LogP contribution in [0.5, 0.6) is 11.6 Å². The number of benzene rings is 1. The maximum atomic E-state index is 13.3. The van der Waals surface area contributed by atoms with Gasteiger partial charge in [0.15, 0.2) is 6.29 Å². The fraction of sp³-hybridized carbons (Fsp3) is 0.462. The smallest absolute Gasteiger partial charge is 0.331 e. The molecule has 184 valence electrons. The number of nitriles is 1. The number of imide groups is 1. The van der Waals surface area contributed by atoms with Crippen LogP contribution in [0.4, 0.5) is 15.3 Å². The lowest BCUT2D eigenvalue weighted by Gasteiger charge is -2.43. The molecule has 1 unspecified atom stereocenters. The Morgan fingerprint density at radius 1 is 1.14 bits per heavy atom. The molecule has 1 aromatic carbocycles. The first-order chi connectivity index (χ1) is 17.0. The van der Waals surface area contributed by atoms with Crippen molar-refractivity contribution in [2.24, 2.45) is 11.8 Å². The molecule has 1 saturated carbocycles. The van der Waals surface area contributed by atoms with Crippen molar-refractivity contribution in [1.29, 1.82) is 5.26 Å². The molecule has 4 amide bonds. The lowest BCUT2D eigenvalue weighted by molar-refractivity contribution is 0.0941. The van der Waals surface area contributed by atoms with Gasteiger partial charge >= 0.3 is 12.1 Å². The molecule has 9 nitrogen and oxygen atoms in total. The van der Waals surface area contributed by atoms with E-state index in [1.165, 1.54) is 23.9 Å². The zero-order valence-electron chi connectivity index (χ0n) is 20.2. The van der Waals surface area contributed by atoms with Crippen molar-refractivity contribution in [3.05, 3.63) is 48.2 Å². The molecule has 1 aliphatic heterocycles. The molecule has 1 atom stereocenters. The SMILES string of the molecule is CCCN1C(=O)NC(Nc2ccc(Oc3ccc(C#N)cn3)cc2)N(C[C@H]2CC[C@H](C)CC2)C1=O. The highest BCUT2D eigenvalue weighted by molar-refractivity contribution is 5.96. The third-order valence-corrected chi connectivity index (χ3v) is 6.58. The summed E-state index contributed by atoms with van der Waals surface area (Å²) in [5.74, 6) is 2.13. The predicted octanol–water partition coefficient (Wildman–Crippen LogP) is 5.12. The van der Waals surface area contributed by atoms with Crippen molar-refractivity contribution in [2.45, 2.75) is 52.2 Å². The summed E-state index contributed by atoms with van der Waals surface area (Å²) in [6.07, 6.45) is 6.06. The summed E-state index contributed by atoms with van der Waals surface area (Å²) in [7, 11) is 0. The molecule has 0 spiro atoms. The minimum atomic E-state index is -0.630. The van der Waals surface area contributed by atoms with Gasteiger partial charge in [-0.15, -0.1) is 0 Å². The zero-order chi connectivity index (χ0) is 24.8. The van der Waals surface area contributed by atoms with Crippen LogP contribution in [-0.2, 0) is 0 Å². The predicted molar refractivity (Wildman–Crippen MR) is 132 cm³/mol. The number of hydrogen-bond acceptors (Lipinski definition) is 6. The Kier molecular flexibility index (Phi) is 7.70. The second kappa shape index (κ2) is 11.1. The third-order valence-electron chi connectivity index (χ3n) is 6.58. The summed E-state index contributed by atoms with van der Waals surface area (Å²) in [6, 6.07) is 11.9. The molecule has 1 aliphatic carbocycles. The van der Waals surface area contributed by atoms with Crippen molar-refractivity contribution in [3.63, 3.8) is 0 Å². The Bertz CT molecular complexity index is 1060. The number of hydrogen-bond donors (Lipinski definition) is 2. The first-order valence-corrected chi connectivity index (χ1v) is 12.3. The molecule has 2 aliphatic rings. The van der Waals surface area contributed by atoms with Crippen LogP contribution in [0.15, 0.2) is 42.6 Å². The summed E-state index contributed by atoms with van der Waals surface area (Å²) in [4.78, 5) is 33.1. The molecular formula is C26H32N6O3. The largest absolute Gasteiger partial charge is 0.439 e. The lowest BCUT2D eigenvalue weighted by atomic mass is 9.83. The Balaban J connectivity index is 1.45. The van der Waals surface area contributed by atoms with E-state index in [0.29, 0.717) is 42.6 Å². The van der Waals surface area contributed by atoms with Gasteiger partial charge in [0.05, 0.1) is 5.56 Å². The normalized spacial score (nSPS) is 22.4. The molecule has 35 heavy (non-hydrogen) atoms. The Morgan fingerprint density at radius 3 is 2.51 bits per heavy atom. The number of carbonyl (C=O) groups excluding carboxylic acids is 2. The second-order valence-corrected chi connectivity index (χ2v) is 9.33. The van der Waals surface area contributed by atoms with Crippen LogP contribution in [0.1, 0.15) is 51.5 Å². The fourth-order valence-electron chi connectivity index (χ4n) is 4.54. The van der Waals surface area contributed by atoms with Gasteiger partial charge in [0.25, 0.3) is 0 Å². The van der Waals surface area contributed by atoms with E-state index in [-0.39, 0.29) is 12.1 Å². The van der Waals surface area contributed by atoms with E-state index in [0.717, 1.165) is 24.4 Å². The van der Waals surface area contributed by atoms with Crippen molar-refractivity contribution in [2.75, 3.05) is 18.4 Å². The molecule has 1 aromatic heterocycles. The molecule has 0 bridgehead atoms. The van der Waals surface area contributed by atoms with Gasteiger partial charge in [-0.05, 0) is 61.4 Å². The van der Waals surface area contributed by atoms with E-state index in [1.807, 2.05) is 25.1 Å². The topological polar surface area (TPSA) is 111 Å². The number of amides is 4. The average Bonchev–Trinajstić information content (AvgIpc) is 2.87. The molecule has 2 heterocycles. The lowest BCUT2D eigenvalue weighted by Crippen LogP contribution is -2.68. The van der Waals surface area contributed by atoms with Gasteiger partial charge < -0.3 is 10.1 Å². The van der Waals surface area contributed by atoms with Crippen molar-refractivity contribution in [3.8, 4) is 17.7 Å². The standard InChI is InChI=1S/C26H32N6O3/c1-3-14-31-25(33)30-24(32(26(31)34)17-19-6-4-18(2)5-7-19)29-21-9-11-22(12-10-21)35-23-13-8-20(15-27)16-28-23/h8-13,16,18-19,24,29H,3-7,14,17H2,1-2H3,(H,30,33)/t18-,19-,24?. The molecule has 9 heteroatoms. The summed E-state index contributed by atoms with van der Waals surface area (Å²) in [5.41, 5.74) is 1.21. The minimum absolute atomic E-state index is 0.251. The molecule has 0 radical (unpaired) electrons. The summed E-state index contributed by atoms with van der Waals surface area (Å²) in [6.45, 7) is 5.23.